The summed E-state index contributed by atoms with van der Waals surface area (Å²) in [6, 6.07) is 0. The van der Waals surface area contributed by atoms with Gasteiger partial charge < -0.3 is 19.8 Å². The SMILES string of the molecule is COCCOC1=NCNc2[nH]cc(I)c21. The van der Waals surface area contributed by atoms with Crippen LogP contribution >= 0.6 is 22.6 Å². The first-order valence-corrected chi connectivity index (χ1v) is 5.68. The van der Waals surface area contributed by atoms with Crippen LogP contribution in [0.2, 0.25) is 0 Å². The molecule has 1 aromatic rings. The number of nitrogens with one attached hydrogen (secondary N) is 2. The Morgan fingerprint density at radius 1 is 1.53 bits per heavy atom. The molecule has 6 heteroatoms. The molecule has 1 aliphatic rings. The highest BCUT2D eigenvalue weighted by Crippen LogP contribution is 2.24. The van der Waals surface area contributed by atoms with Crippen molar-refractivity contribution in [2.75, 3.05) is 32.3 Å². The summed E-state index contributed by atoms with van der Waals surface area (Å²) in [5.74, 6) is 1.66. The molecule has 0 spiro atoms. The summed E-state index contributed by atoms with van der Waals surface area (Å²) >= 11 is 2.25. The van der Waals surface area contributed by atoms with E-state index in [2.05, 4.69) is 37.9 Å². The van der Waals surface area contributed by atoms with Crippen molar-refractivity contribution >= 4 is 34.3 Å². The minimum Gasteiger partial charge on any atom is -0.475 e. The van der Waals surface area contributed by atoms with Crippen LogP contribution < -0.4 is 5.32 Å². The van der Waals surface area contributed by atoms with Crippen molar-refractivity contribution in [2.45, 2.75) is 0 Å². The summed E-state index contributed by atoms with van der Waals surface area (Å²) < 4.78 is 11.6. The van der Waals surface area contributed by atoms with Crippen LogP contribution in [0.15, 0.2) is 11.2 Å². The second-order valence-corrected chi connectivity index (χ2v) is 4.19. The van der Waals surface area contributed by atoms with E-state index in [1.807, 2.05) is 6.20 Å². The molecule has 1 aliphatic heterocycles. The predicted molar refractivity (Wildman–Crippen MR) is 66.4 cm³/mol. The molecule has 15 heavy (non-hydrogen) atoms. The average Bonchev–Trinajstić information content (AvgIpc) is 2.62. The fourth-order valence-corrected chi connectivity index (χ4v) is 2.01. The highest BCUT2D eigenvalue weighted by atomic mass is 127. The molecule has 0 bridgehead atoms. The van der Waals surface area contributed by atoms with E-state index in [1.165, 1.54) is 0 Å². The molecule has 0 aromatic carbocycles. The molecule has 82 valence electrons. The summed E-state index contributed by atoms with van der Waals surface area (Å²) in [6.07, 6.45) is 1.93. The second kappa shape index (κ2) is 4.84. The van der Waals surface area contributed by atoms with Crippen LogP contribution in [0.5, 0.6) is 0 Å². The maximum atomic E-state index is 5.55. The van der Waals surface area contributed by atoms with Crippen LogP contribution in [-0.4, -0.2) is 37.9 Å². The third kappa shape index (κ3) is 2.25. The number of fused-ring (bicyclic) bond motifs is 1. The number of ether oxygens (including phenoxy) is 2. The van der Waals surface area contributed by atoms with Crippen molar-refractivity contribution in [3.63, 3.8) is 0 Å². The van der Waals surface area contributed by atoms with Gasteiger partial charge in [0.15, 0.2) is 0 Å². The lowest BCUT2D eigenvalue weighted by Crippen LogP contribution is -2.19. The van der Waals surface area contributed by atoms with E-state index in [4.69, 9.17) is 9.47 Å². The molecule has 1 aromatic heterocycles. The number of aliphatic imine (C=N–C) groups is 1. The normalized spacial score (nSPS) is 14.1. The lowest BCUT2D eigenvalue weighted by molar-refractivity contribution is 0.141. The third-order valence-corrected chi connectivity index (χ3v) is 2.90. The van der Waals surface area contributed by atoms with Gasteiger partial charge >= 0.3 is 0 Å². The molecule has 5 nitrogen and oxygen atoms in total. The summed E-state index contributed by atoms with van der Waals surface area (Å²) in [4.78, 5) is 7.41. The smallest absolute Gasteiger partial charge is 0.222 e. The van der Waals surface area contributed by atoms with Crippen LogP contribution in [0.1, 0.15) is 5.56 Å². The first kappa shape index (κ1) is 10.7. The molecule has 2 heterocycles. The van der Waals surface area contributed by atoms with Crippen LogP contribution in [-0.2, 0) is 9.47 Å². The van der Waals surface area contributed by atoms with Gasteiger partial charge in [0.1, 0.15) is 19.1 Å². The van der Waals surface area contributed by atoms with Crippen molar-refractivity contribution in [3.05, 3.63) is 15.3 Å². The Kier molecular flexibility index (Phi) is 3.47. The lowest BCUT2D eigenvalue weighted by Gasteiger charge is -2.15. The average molecular weight is 321 g/mol. The zero-order valence-corrected chi connectivity index (χ0v) is 10.5. The highest BCUT2D eigenvalue weighted by molar-refractivity contribution is 14.1. The van der Waals surface area contributed by atoms with Crippen LogP contribution in [0.4, 0.5) is 5.82 Å². The Bertz CT molecular complexity index is 375. The number of methoxy groups -OCH3 is 1. The zero-order valence-electron chi connectivity index (χ0n) is 8.34. The van der Waals surface area contributed by atoms with E-state index in [0.717, 1.165) is 15.0 Å². The van der Waals surface area contributed by atoms with E-state index < -0.39 is 0 Å². The number of hydrogen-bond acceptors (Lipinski definition) is 4. The van der Waals surface area contributed by atoms with E-state index >= 15 is 0 Å². The van der Waals surface area contributed by atoms with Crippen molar-refractivity contribution in [2.24, 2.45) is 4.99 Å². The van der Waals surface area contributed by atoms with Gasteiger partial charge in [-0.05, 0) is 22.6 Å². The zero-order chi connectivity index (χ0) is 10.7. The largest absolute Gasteiger partial charge is 0.475 e. The Morgan fingerprint density at radius 3 is 3.20 bits per heavy atom. The van der Waals surface area contributed by atoms with Gasteiger partial charge in [-0.1, -0.05) is 0 Å². The first-order valence-electron chi connectivity index (χ1n) is 4.60. The standard InChI is InChI=1S/C9H12IN3O2/c1-14-2-3-15-9-7-6(10)4-11-8(7)12-5-13-9/h4,11-12H,2-3,5H2,1H3. The van der Waals surface area contributed by atoms with Gasteiger partial charge in [-0.3, -0.25) is 0 Å². The number of anilines is 1. The Balaban J connectivity index is 2.11. The van der Waals surface area contributed by atoms with Gasteiger partial charge in [-0.2, -0.15) is 0 Å². The van der Waals surface area contributed by atoms with E-state index in [-0.39, 0.29) is 0 Å². The predicted octanol–water partition coefficient (Wildman–Crippen LogP) is 1.41. The molecule has 0 unspecified atom stereocenters. The van der Waals surface area contributed by atoms with E-state index in [9.17, 15) is 0 Å². The quantitative estimate of drug-likeness (QED) is 0.654. The Hall–Kier alpha value is -0.760. The minimum absolute atomic E-state index is 0.524. The summed E-state index contributed by atoms with van der Waals surface area (Å²) in [6.45, 7) is 1.64. The number of rotatable bonds is 3. The molecule has 0 fully saturated rings. The van der Waals surface area contributed by atoms with Crippen molar-refractivity contribution in [3.8, 4) is 0 Å². The molecular formula is C9H12IN3O2. The Labute approximate surface area is 101 Å². The summed E-state index contributed by atoms with van der Waals surface area (Å²) in [5.41, 5.74) is 1.01. The molecule has 0 saturated heterocycles. The number of hydrogen-bond donors (Lipinski definition) is 2. The third-order valence-electron chi connectivity index (χ3n) is 2.05. The molecule has 2 rings (SSSR count). The number of halogens is 1. The fraction of sp³-hybridized carbons (Fsp3) is 0.444. The van der Waals surface area contributed by atoms with Crippen LogP contribution in [0, 0.1) is 3.57 Å². The maximum Gasteiger partial charge on any atom is 0.222 e. The maximum absolute atomic E-state index is 5.55. The topological polar surface area (TPSA) is 58.6 Å². The van der Waals surface area contributed by atoms with E-state index in [0.29, 0.717) is 25.8 Å². The van der Waals surface area contributed by atoms with Gasteiger partial charge in [-0.15, -0.1) is 0 Å². The molecule has 0 saturated carbocycles. The fourth-order valence-electron chi connectivity index (χ4n) is 1.36. The van der Waals surface area contributed by atoms with Crippen LogP contribution in [0.25, 0.3) is 0 Å². The van der Waals surface area contributed by atoms with E-state index in [1.54, 1.807) is 7.11 Å². The van der Waals surface area contributed by atoms with Gasteiger partial charge in [0.25, 0.3) is 0 Å². The summed E-state index contributed by atoms with van der Waals surface area (Å²) in [7, 11) is 1.65. The van der Waals surface area contributed by atoms with Gasteiger partial charge in [0, 0.05) is 16.9 Å². The summed E-state index contributed by atoms with van der Waals surface area (Å²) in [5, 5.41) is 3.14. The molecule has 0 aliphatic carbocycles. The molecule has 2 N–H and O–H groups in total. The van der Waals surface area contributed by atoms with Gasteiger partial charge in [-0.25, -0.2) is 4.99 Å². The van der Waals surface area contributed by atoms with Gasteiger partial charge in [0.05, 0.1) is 12.2 Å². The van der Waals surface area contributed by atoms with Gasteiger partial charge in [0.2, 0.25) is 5.90 Å². The minimum atomic E-state index is 0.524. The molecule has 0 atom stereocenters. The van der Waals surface area contributed by atoms with Crippen LogP contribution in [0.3, 0.4) is 0 Å². The molecule has 0 amide bonds. The first-order chi connectivity index (χ1) is 7.33. The number of nitrogens with zero attached hydrogens (tertiary/aromatic N) is 1. The molecule has 0 radical (unpaired) electrons. The number of aromatic amines is 1. The highest BCUT2D eigenvalue weighted by Gasteiger charge is 2.19. The van der Waals surface area contributed by atoms with Crippen molar-refractivity contribution in [1.82, 2.24) is 4.98 Å². The van der Waals surface area contributed by atoms with Crippen molar-refractivity contribution in [1.29, 1.82) is 0 Å². The Morgan fingerprint density at radius 2 is 2.40 bits per heavy atom. The number of aromatic nitrogens is 1. The number of H-pyrrole nitrogens is 1. The lowest BCUT2D eigenvalue weighted by atomic mass is 10.3. The monoisotopic (exact) mass is 321 g/mol. The molecular weight excluding hydrogens is 309 g/mol. The second-order valence-electron chi connectivity index (χ2n) is 3.03. The van der Waals surface area contributed by atoms with Crippen molar-refractivity contribution < 1.29 is 9.47 Å².